The second-order valence-corrected chi connectivity index (χ2v) is 5.85. The number of aryl methyl sites for hydroxylation is 1. The summed E-state index contributed by atoms with van der Waals surface area (Å²) in [5, 5.41) is 3.38. The molecule has 1 aromatic heterocycles. The Morgan fingerprint density at radius 1 is 1.39 bits per heavy atom. The highest BCUT2D eigenvalue weighted by Gasteiger charge is 2.05. The predicted octanol–water partition coefficient (Wildman–Crippen LogP) is 3.58. The van der Waals surface area contributed by atoms with Gasteiger partial charge in [-0.15, -0.1) is 6.58 Å². The molecule has 1 aromatic rings. The fourth-order valence-electron chi connectivity index (χ4n) is 2.45. The van der Waals surface area contributed by atoms with E-state index in [1.165, 1.54) is 30.4 Å². The van der Waals surface area contributed by atoms with Gasteiger partial charge in [-0.2, -0.15) is 0 Å². The van der Waals surface area contributed by atoms with Gasteiger partial charge < -0.3 is 10.2 Å². The number of hydrogen-bond acceptors (Lipinski definition) is 2. The van der Waals surface area contributed by atoms with Crippen LogP contribution < -0.4 is 5.32 Å². The van der Waals surface area contributed by atoms with Crippen LogP contribution in [0.15, 0.2) is 36.1 Å². The van der Waals surface area contributed by atoms with E-state index in [2.05, 4.69) is 48.7 Å². The molecule has 4 heteroatoms. The molecule has 0 unspecified atom stereocenters. The number of nitrogens with zero attached hydrogens (tertiary/aromatic N) is 3. The maximum Gasteiger partial charge on any atom is 0.193 e. The molecular weight excluding hydrogens is 284 g/mol. The van der Waals surface area contributed by atoms with Crippen molar-refractivity contribution in [3.05, 3.63) is 42.2 Å². The van der Waals surface area contributed by atoms with Crippen molar-refractivity contribution in [2.75, 3.05) is 26.7 Å². The smallest absolute Gasteiger partial charge is 0.193 e. The van der Waals surface area contributed by atoms with Gasteiger partial charge in [-0.1, -0.05) is 12.5 Å². The van der Waals surface area contributed by atoms with E-state index < -0.39 is 0 Å². The SMILES string of the molecule is C=CCCCCCN(C)C(=NCCc1ccncc1C)NCC. The summed E-state index contributed by atoms with van der Waals surface area (Å²) in [4.78, 5) is 11.1. The molecule has 1 N–H and O–H groups in total. The first-order valence-electron chi connectivity index (χ1n) is 8.68. The summed E-state index contributed by atoms with van der Waals surface area (Å²) in [7, 11) is 2.12. The Morgan fingerprint density at radius 2 is 2.22 bits per heavy atom. The molecular formula is C19H32N4. The first-order valence-corrected chi connectivity index (χ1v) is 8.68. The molecule has 0 fully saturated rings. The summed E-state index contributed by atoms with van der Waals surface area (Å²) in [5.74, 6) is 1.00. The molecule has 0 aromatic carbocycles. The highest BCUT2D eigenvalue weighted by molar-refractivity contribution is 5.79. The molecule has 0 aliphatic carbocycles. The van der Waals surface area contributed by atoms with Gasteiger partial charge >= 0.3 is 0 Å². The lowest BCUT2D eigenvalue weighted by molar-refractivity contribution is 0.455. The Morgan fingerprint density at radius 3 is 2.91 bits per heavy atom. The fourth-order valence-corrected chi connectivity index (χ4v) is 2.45. The van der Waals surface area contributed by atoms with Crippen molar-refractivity contribution in [2.45, 2.75) is 46.0 Å². The number of hydrogen-bond donors (Lipinski definition) is 1. The maximum absolute atomic E-state index is 4.76. The second-order valence-electron chi connectivity index (χ2n) is 5.85. The van der Waals surface area contributed by atoms with Crippen molar-refractivity contribution in [2.24, 2.45) is 4.99 Å². The van der Waals surface area contributed by atoms with Crippen LogP contribution in [0.25, 0.3) is 0 Å². The molecule has 0 aliphatic heterocycles. The second kappa shape index (κ2) is 11.7. The van der Waals surface area contributed by atoms with E-state index in [1.807, 2.05) is 18.5 Å². The molecule has 0 aliphatic rings. The quantitative estimate of drug-likeness (QED) is 0.310. The van der Waals surface area contributed by atoms with E-state index in [4.69, 9.17) is 4.99 Å². The number of nitrogens with one attached hydrogen (secondary N) is 1. The standard InChI is InChI=1S/C19H32N4/c1-5-7-8-9-10-15-23(4)19(21-6-2)22-14-12-18-11-13-20-16-17(18)3/h5,11,13,16H,1,6-10,12,14-15H2,2-4H3,(H,21,22). The van der Waals surface area contributed by atoms with Gasteiger partial charge in [-0.25, -0.2) is 0 Å². The number of guanidine groups is 1. The summed E-state index contributed by atoms with van der Waals surface area (Å²) < 4.78 is 0. The number of aliphatic imine (C=N–C) groups is 1. The number of allylic oxidation sites excluding steroid dienone is 1. The first-order chi connectivity index (χ1) is 11.2. The largest absolute Gasteiger partial charge is 0.357 e. The Balaban J connectivity index is 2.45. The van der Waals surface area contributed by atoms with Crippen molar-refractivity contribution in [3.8, 4) is 0 Å². The van der Waals surface area contributed by atoms with Crippen molar-refractivity contribution >= 4 is 5.96 Å². The Labute approximate surface area is 141 Å². The molecule has 0 saturated carbocycles. The van der Waals surface area contributed by atoms with Crippen molar-refractivity contribution in [1.29, 1.82) is 0 Å². The third-order valence-corrected chi connectivity index (χ3v) is 3.88. The van der Waals surface area contributed by atoms with Crippen LogP contribution in [0.5, 0.6) is 0 Å². The van der Waals surface area contributed by atoms with Crippen molar-refractivity contribution < 1.29 is 0 Å². The summed E-state index contributed by atoms with van der Waals surface area (Å²) in [5.41, 5.74) is 2.56. The number of unbranched alkanes of at least 4 members (excludes halogenated alkanes) is 3. The Kier molecular flexibility index (Phi) is 9.76. The molecule has 4 nitrogen and oxygen atoms in total. The van der Waals surface area contributed by atoms with Crippen molar-refractivity contribution in [3.63, 3.8) is 0 Å². The summed E-state index contributed by atoms with van der Waals surface area (Å²) in [6, 6.07) is 2.08. The van der Waals surface area contributed by atoms with Gasteiger partial charge in [0.05, 0.1) is 0 Å². The topological polar surface area (TPSA) is 40.5 Å². The Hall–Kier alpha value is -1.84. The van der Waals surface area contributed by atoms with Crippen LogP contribution in [0.1, 0.15) is 43.7 Å². The van der Waals surface area contributed by atoms with Crippen LogP contribution in [-0.4, -0.2) is 42.5 Å². The fraction of sp³-hybridized carbons (Fsp3) is 0.579. The number of pyridine rings is 1. The molecule has 0 spiro atoms. The normalized spacial score (nSPS) is 11.3. The highest BCUT2D eigenvalue weighted by Crippen LogP contribution is 2.06. The van der Waals surface area contributed by atoms with E-state index in [9.17, 15) is 0 Å². The van der Waals surface area contributed by atoms with Crippen LogP contribution in [0.4, 0.5) is 0 Å². The van der Waals surface area contributed by atoms with Gasteiger partial charge in [0.2, 0.25) is 0 Å². The zero-order valence-electron chi connectivity index (χ0n) is 15.0. The molecule has 1 heterocycles. The van der Waals surface area contributed by atoms with Gasteiger partial charge in [-0.3, -0.25) is 9.98 Å². The summed E-state index contributed by atoms with van der Waals surface area (Å²) in [6.07, 6.45) is 11.5. The average Bonchev–Trinajstić information content (AvgIpc) is 2.55. The van der Waals surface area contributed by atoms with Crippen LogP contribution in [0.3, 0.4) is 0 Å². The molecule has 0 bridgehead atoms. The lowest BCUT2D eigenvalue weighted by atomic mass is 10.1. The van der Waals surface area contributed by atoms with Gasteiger partial charge in [0, 0.05) is 39.1 Å². The molecule has 0 atom stereocenters. The first kappa shape index (κ1) is 19.2. The third kappa shape index (κ3) is 7.82. The number of rotatable bonds is 10. The van der Waals surface area contributed by atoms with Crippen LogP contribution >= 0.6 is 0 Å². The van der Waals surface area contributed by atoms with Crippen LogP contribution in [0, 0.1) is 6.92 Å². The van der Waals surface area contributed by atoms with Gasteiger partial charge in [0.25, 0.3) is 0 Å². The number of aromatic nitrogens is 1. The zero-order valence-corrected chi connectivity index (χ0v) is 15.0. The maximum atomic E-state index is 4.76. The van der Waals surface area contributed by atoms with Gasteiger partial charge in [0.1, 0.15) is 0 Å². The molecule has 0 radical (unpaired) electrons. The van der Waals surface area contributed by atoms with E-state index >= 15 is 0 Å². The van der Waals surface area contributed by atoms with E-state index in [-0.39, 0.29) is 0 Å². The lowest BCUT2D eigenvalue weighted by Gasteiger charge is -2.22. The molecule has 1 rings (SSSR count). The minimum atomic E-state index is 0.800. The van der Waals surface area contributed by atoms with Crippen LogP contribution in [-0.2, 0) is 6.42 Å². The van der Waals surface area contributed by atoms with Gasteiger partial charge in [0.15, 0.2) is 5.96 Å². The monoisotopic (exact) mass is 316 g/mol. The highest BCUT2D eigenvalue weighted by atomic mass is 15.3. The minimum Gasteiger partial charge on any atom is -0.357 e. The zero-order chi connectivity index (χ0) is 16.9. The Bertz CT molecular complexity index is 482. The summed E-state index contributed by atoms with van der Waals surface area (Å²) >= 11 is 0. The molecule has 0 saturated heterocycles. The molecule has 0 amide bonds. The van der Waals surface area contributed by atoms with E-state index in [0.29, 0.717) is 0 Å². The lowest BCUT2D eigenvalue weighted by Crippen LogP contribution is -2.39. The van der Waals surface area contributed by atoms with E-state index in [0.717, 1.165) is 38.4 Å². The van der Waals surface area contributed by atoms with E-state index in [1.54, 1.807) is 0 Å². The predicted molar refractivity (Wildman–Crippen MR) is 100.0 cm³/mol. The van der Waals surface area contributed by atoms with Crippen molar-refractivity contribution in [1.82, 2.24) is 15.2 Å². The average molecular weight is 316 g/mol. The molecule has 23 heavy (non-hydrogen) atoms. The minimum absolute atomic E-state index is 0.800. The molecule has 128 valence electrons. The third-order valence-electron chi connectivity index (χ3n) is 3.88. The summed E-state index contributed by atoms with van der Waals surface area (Å²) in [6.45, 7) is 10.7. The van der Waals surface area contributed by atoms with Crippen LogP contribution in [0.2, 0.25) is 0 Å². The van der Waals surface area contributed by atoms with Gasteiger partial charge in [-0.05, 0) is 56.7 Å².